The second-order valence-corrected chi connectivity index (χ2v) is 4.29. The van der Waals surface area contributed by atoms with E-state index >= 15 is 0 Å². The van der Waals surface area contributed by atoms with Gasteiger partial charge in [-0.15, -0.1) is 0 Å². The number of hydrogen-bond acceptors (Lipinski definition) is 4. The fourth-order valence-corrected chi connectivity index (χ4v) is 1.83. The molecule has 1 aromatic rings. The maximum Gasteiger partial charge on any atom is 0.352 e. The van der Waals surface area contributed by atoms with Gasteiger partial charge in [0, 0.05) is 12.0 Å². The third-order valence-corrected chi connectivity index (χ3v) is 2.88. The van der Waals surface area contributed by atoms with E-state index in [9.17, 15) is 4.79 Å². The van der Waals surface area contributed by atoms with Gasteiger partial charge in [-0.3, -0.25) is 0 Å². The van der Waals surface area contributed by atoms with Gasteiger partial charge in [-0.25, -0.2) is 4.79 Å². The molecular weight excluding hydrogens is 242 g/mol. The lowest BCUT2D eigenvalue weighted by atomic mass is 10.1. The summed E-state index contributed by atoms with van der Waals surface area (Å²) in [7, 11) is 0. The summed E-state index contributed by atoms with van der Waals surface area (Å²) in [6.45, 7) is 2.34. The van der Waals surface area contributed by atoms with Gasteiger partial charge in [-0.2, -0.15) is 5.26 Å². The van der Waals surface area contributed by atoms with Crippen molar-refractivity contribution in [1.82, 2.24) is 0 Å². The normalized spacial score (nSPS) is 15.2. The predicted molar refractivity (Wildman–Crippen MR) is 69.3 cm³/mol. The Balaban J connectivity index is 2.13. The van der Waals surface area contributed by atoms with Crippen LogP contribution in [0.3, 0.4) is 0 Å². The van der Waals surface area contributed by atoms with E-state index in [0.717, 1.165) is 18.4 Å². The van der Waals surface area contributed by atoms with Crippen LogP contribution in [0.15, 0.2) is 35.6 Å². The fraction of sp³-hybridized carbons (Fsp3) is 0.333. The van der Waals surface area contributed by atoms with Crippen molar-refractivity contribution < 1.29 is 14.3 Å². The first-order chi connectivity index (χ1) is 9.26. The molecular formula is C15H15NO3. The molecule has 0 N–H and O–H groups in total. The number of ether oxygens (including phenoxy) is 2. The van der Waals surface area contributed by atoms with E-state index in [1.165, 1.54) is 0 Å². The van der Waals surface area contributed by atoms with Gasteiger partial charge in [-0.05, 0) is 12.5 Å². The molecule has 1 heterocycles. The Morgan fingerprint density at radius 2 is 2.26 bits per heavy atom. The Hall–Kier alpha value is -2.28. The number of carbonyl (C=O) groups is 1. The van der Waals surface area contributed by atoms with E-state index in [-0.39, 0.29) is 5.57 Å². The first-order valence-electron chi connectivity index (χ1n) is 6.32. The second kappa shape index (κ2) is 6.05. The molecule has 0 aliphatic carbocycles. The molecule has 0 radical (unpaired) electrons. The number of rotatable bonds is 4. The average molecular weight is 257 g/mol. The third-order valence-electron chi connectivity index (χ3n) is 2.88. The molecule has 0 saturated heterocycles. The standard InChI is InChI=1S/C15H15NO3/c1-2-3-8-18-15(17)12(10-16)14-9-11-6-4-5-7-13(11)19-14/h4-7H,2-3,8-9H2,1H3. The van der Waals surface area contributed by atoms with Gasteiger partial charge in [0.2, 0.25) is 0 Å². The summed E-state index contributed by atoms with van der Waals surface area (Å²) in [6.07, 6.45) is 2.19. The minimum atomic E-state index is -0.598. The van der Waals surface area contributed by atoms with Gasteiger partial charge in [0.25, 0.3) is 0 Å². The number of esters is 1. The molecule has 0 spiro atoms. The molecule has 4 heteroatoms. The number of carbonyl (C=O) groups excluding carboxylic acids is 1. The van der Waals surface area contributed by atoms with Crippen LogP contribution in [-0.2, 0) is 16.0 Å². The molecule has 0 bridgehead atoms. The zero-order valence-corrected chi connectivity index (χ0v) is 10.8. The smallest absolute Gasteiger partial charge is 0.352 e. The number of nitrogens with zero attached hydrogens (tertiary/aromatic N) is 1. The zero-order chi connectivity index (χ0) is 13.7. The quantitative estimate of drug-likeness (QED) is 0.360. The highest BCUT2D eigenvalue weighted by atomic mass is 16.5. The molecule has 0 aromatic heterocycles. The Morgan fingerprint density at radius 3 is 2.95 bits per heavy atom. The van der Waals surface area contributed by atoms with Crippen molar-refractivity contribution in [1.29, 1.82) is 5.26 Å². The van der Waals surface area contributed by atoms with E-state index in [4.69, 9.17) is 14.7 Å². The SMILES string of the molecule is CCCCOC(=O)C(C#N)=C1Cc2ccccc2O1. The number of para-hydroxylation sites is 1. The Labute approximate surface area is 112 Å². The van der Waals surface area contributed by atoms with E-state index in [1.54, 1.807) is 0 Å². The topological polar surface area (TPSA) is 59.3 Å². The van der Waals surface area contributed by atoms with Crippen LogP contribution in [0.1, 0.15) is 25.3 Å². The molecule has 2 rings (SSSR count). The summed E-state index contributed by atoms with van der Waals surface area (Å²) in [4.78, 5) is 11.8. The number of hydrogen-bond donors (Lipinski definition) is 0. The largest absolute Gasteiger partial charge is 0.461 e. The Morgan fingerprint density at radius 1 is 1.47 bits per heavy atom. The van der Waals surface area contributed by atoms with Crippen molar-refractivity contribution in [2.45, 2.75) is 26.2 Å². The van der Waals surface area contributed by atoms with Crippen LogP contribution in [0.2, 0.25) is 0 Å². The highest BCUT2D eigenvalue weighted by Crippen LogP contribution is 2.31. The Bertz CT molecular complexity index is 528. The van der Waals surface area contributed by atoms with Crippen molar-refractivity contribution in [3.63, 3.8) is 0 Å². The van der Waals surface area contributed by atoms with Crippen molar-refractivity contribution in [3.8, 4) is 11.8 Å². The number of fused-ring (bicyclic) bond motifs is 1. The molecule has 1 aromatic carbocycles. The predicted octanol–water partition coefficient (Wildman–Crippen LogP) is 2.74. The van der Waals surface area contributed by atoms with E-state index in [1.807, 2.05) is 37.3 Å². The molecule has 0 saturated carbocycles. The lowest BCUT2D eigenvalue weighted by Gasteiger charge is -2.05. The molecule has 98 valence electrons. The van der Waals surface area contributed by atoms with E-state index < -0.39 is 5.97 Å². The van der Waals surface area contributed by atoms with Crippen LogP contribution < -0.4 is 4.74 Å². The van der Waals surface area contributed by atoms with Gasteiger partial charge in [0.1, 0.15) is 17.6 Å². The highest BCUT2D eigenvalue weighted by molar-refractivity contribution is 5.93. The van der Waals surface area contributed by atoms with Crippen LogP contribution in [0.4, 0.5) is 0 Å². The van der Waals surface area contributed by atoms with Crippen LogP contribution in [-0.4, -0.2) is 12.6 Å². The van der Waals surface area contributed by atoms with Crippen molar-refractivity contribution in [2.75, 3.05) is 6.61 Å². The summed E-state index contributed by atoms with van der Waals surface area (Å²) in [5.74, 6) is 0.482. The molecule has 19 heavy (non-hydrogen) atoms. The number of allylic oxidation sites excluding steroid dienone is 1. The van der Waals surface area contributed by atoms with E-state index in [2.05, 4.69) is 0 Å². The van der Waals surface area contributed by atoms with Gasteiger partial charge in [-0.1, -0.05) is 31.5 Å². The first kappa shape index (κ1) is 13.2. The molecule has 0 atom stereocenters. The molecule has 1 aliphatic heterocycles. The minimum Gasteiger partial charge on any atom is -0.461 e. The van der Waals surface area contributed by atoms with Gasteiger partial charge in [0.15, 0.2) is 5.57 Å². The number of benzene rings is 1. The van der Waals surface area contributed by atoms with Gasteiger partial charge >= 0.3 is 5.97 Å². The summed E-state index contributed by atoms with van der Waals surface area (Å²) >= 11 is 0. The molecule has 0 fully saturated rings. The average Bonchev–Trinajstić information content (AvgIpc) is 2.83. The number of unbranched alkanes of at least 4 members (excludes halogenated alkanes) is 1. The molecule has 0 amide bonds. The van der Waals surface area contributed by atoms with Crippen LogP contribution in [0.25, 0.3) is 0 Å². The molecule has 4 nitrogen and oxygen atoms in total. The second-order valence-electron chi connectivity index (χ2n) is 4.29. The van der Waals surface area contributed by atoms with E-state index in [0.29, 0.717) is 24.5 Å². The lowest BCUT2D eigenvalue weighted by molar-refractivity contribution is -0.138. The van der Waals surface area contributed by atoms with Gasteiger partial charge < -0.3 is 9.47 Å². The van der Waals surface area contributed by atoms with Crippen molar-refractivity contribution >= 4 is 5.97 Å². The van der Waals surface area contributed by atoms with Crippen molar-refractivity contribution in [2.24, 2.45) is 0 Å². The van der Waals surface area contributed by atoms with Crippen LogP contribution >= 0.6 is 0 Å². The number of nitriles is 1. The Kier molecular flexibility index (Phi) is 4.19. The summed E-state index contributed by atoms with van der Waals surface area (Å²) < 4.78 is 10.6. The molecule has 0 unspecified atom stereocenters. The zero-order valence-electron chi connectivity index (χ0n) is 10.8. The highest BCUT2D eigenvalue weighted by Gasteiger charge is 2.25. The third kappa shape index (κ3) is 2.94. The first-order valence-corrected chi connectivity index (χ1v) is 6.32. The van der Waals surface area contributed by atoms with Crippen LogP contribution in [0.5, 0.6) is 5.75 Å². The summed E-state index contributed by atoms with van der Waals surface area (Å²) in [5, 5.41) is 9.10. The summed E-state index contributed by atoms with van der Waals surface area (Å²) in [6, 6.07) is 9.38. The maximum absolute atomic E-state index is 11.8. The summed E-state index contributed by atoms with van der Waals surface area (Å²) in [5.41, 5.74) is 0.943. The monoisotopic (exact) mass is 257 g/mol. The van der Waals surface area contributed by atoms with Crippen molar-refractivity contribution in [3.05, 3.63) is 41.2 Å². The van der Waals surface area contributed by atoms with Gasteiger partial charge in [0.05, 0.1) is 6.61 Å². The minimum absolute atomic E-state index is 0.0349. The van der Waals surface area contributed by atoms with Crippen LogP contribution in [0, 0.1) is 11.3 Å². The fourth-order valence-electron chi connectivity index (χ4n) is 1.83. The molecule has 1 aliphatic rings. The maximum atomic E-state index is 11.8. The lowest BCUT2D eigenvalue weighted by Crippen LogP contribution is -2.11.